The van der Waals surface area contributed by atoms with E-state index in [1.54, 1.807) is 13.2 Å². The van der Waals surface area contributed by atoms with Crippen molar-refractivity contribution >= 4 is 11.6 Å². The minimum atomic E-state index is -0.160. The van der Waals surface area contributed by atoms with Crippen LogP contribution in [0.4, 0.5) is 5.69 Å². The molecule has 3 heterocycles. The van der Waals surface area contributed by atoms with Crippen LogP contribution < -0.4 is 10.2 Å². The lowest BCUT2D eigenvalue weighted by Gasteiger charge is -2.41. The molecule has 1 N–H and O–H groups in total. The maximum absolute atomic E-state index is 11.6. The van der Waals surface area contributed by atoms with Gasteiger partial charge in [0.25, 0.3) is 5.91 Å². The van der Waals surface area contributed by atoms with Gasteiger partial charge in [-0.1, -0.05) is 0 Å². The topological polar surface area (TPSA) is 63.1 Å². The third kappa shape index (κ3) is 2.49. The molecule has 3 rings (SSSR count). The van der Waals surface area contributed by atoms with Crippen LogP contribution in [0.5, 0.6) is 0 Å². The van der Waals surface area contributed by atoms with Crippen molar-refractivity contribution in [1.29, 1.82) is 0 Å². The van der Waals surface area contributed by atoms with E-state index >= 15 is 0 Å². The average Bonchev–Trinajstić information content (AvgIpc) is 2.75. The van der Waals surface area contributed by atoms with Crippen molar-refractivity contribution in [3.63, 3.8) is 0 Å². The van der Waals surface area contributed by atoms with E-state index in [-0.39, 0.29) is 5.91 Å². The largest absolute Gasteiger partial charge is 0.367 e. The van der Waals surface area contributed by atoms with Crippen molar-refractivity contribution in [2.75, 3.05) is 25.0 Å². The molecule has 1 aliphatic rings. The summed E-state index contributed by atoms with van der Waals surface area (Å²) in [5, 5.41) is 7.13. The fourth-order valence-corrected chi connectivity index (χ4v) is 2.70. The fourth-order valence-electron chi connectivity index (χ4n) is 2.70. The van der Waals surface area contributed by atoms with Gasteiger partial charge in [-0.3, -0.25) is 14.5 Å². The summed E-state index contributed by atoms with van der Waals surface area (Å²) in [5.41, 5.74) is 3.72. The number of anilines is 1. The minimum absolute atomic E-state index is 0.160. The van der Waals surface area contributed by atoms with Crippen LogP contribution in [0.2, 0.25) is 0 Å². The summed E-state index contributed by atoms with van der Waals surface area (Å²) in [5.74, 6) is -0.160. The van der Waals surface area contributed by atoms with Crippen LogP contribution in [0.3, 0.4) is 0 Å². The van der Waals surface area contributed by atoms with Gasteiger partial charge in [0.15, 0.2) is 0 Å². The molecule has 1 saturated heterocycles. The number of nitrogens with one attached hydrogen (secondary N) is 1. The summed E-state index contributed by atoms with van der Waals surface area (Å²) >= 11 is 0. The number of hydrogen-bond donors (Lipinski definition) is 1. The number of pyridine rings is 1. The normalized spacial score (nSPS) is 14.9. The maximum Gasteiger partial charge on any atom is 0.269 e. The highest BCUT2D eigenvalue weighted by molar-refractivity contribution is 5.92. The Kier molecular flexibility index (Phi) is 3.37. The molecule has 2 aromatic heterocycles. The van der Waals surface area contributed by atoms with Crippen LogP contribution >= 0.6 is 0 Å². The number of hydrogen-bond acceptors (Lipinski definition) is 4. The van der Waals surface area contributed by atoms with Crippen molar-refractivity contribution in [2.45, 2.75) is 19.9 Å². The second-order valence-corrected chi connectivity index (χ2v) is 5.41. The summed E-state index contributed by atoms with van der Waals surface area (Å²) in [7, 11) is 1.61. The van der Waals surface area contributed by atoms with Crippen LogP contribution in [-0.2, 0) is 0 Å². The Morgan fingerprint density at radius 1 is 1.33 bits per heavy atom. The average molecular weight is 285 g/mol. The van der Waals surface area contributed by atoms with Crippen molar-refractivity contribution in [1.82, 2.24) is 20.1 Å². The summed E-state index contributed by atoms with van der Waals surface area (Å²) in [6, 6.07) is 6.26. The molecular formula is C15H19N5O. The predicted molar refractivity (Wildman–Crippen MR) is 80.6 cm³/mol. The van der Waals surface area contributed by atoms with Crippen molar-refractivity contribution in [3.05, 3.63) is 41.5 Å². The van der Waals surface area contributed by atoms with E-state index in [2.05, 4.69) is 38.0 Å². The Morgan fingerprint density at radius 2 is 2.10 bits per heavy atom. The summed E-state index contributed by atoms with van der Waals surface area (Å²) in [6.45, 7) is 5.90. The Balaban J connectivity index is 1.71. The molecule has 0 radical (unpaired) electrons. The number of aromatic nitrogens is 3. The first-order valence-corrected chi connectivity index (χ1v) is 7.04. The highest BCUT2D eigenvalue weighted by atomic mass is 16.1. The van der Waals surface area contributed by atoms with Gasteiger partial charge in [0, 0.05) is 37.7 Å². The summed E-state index contributed by atoms with van der Waals surface area (Å²) < 4.78 is 2.09. The molecule has 110 valence electrons. The molecule has 0 bridgehead atoms. The Bertz CT molecular complexity index is 672. The van der Waals surface area contributed by atoms with Crippen LogP contribution in [0.1, 0.15) is 27.9 Å². The molecule has 21 heavy (non-hydrogen) atoms. The molecule has 0 saturated carbocycles. The lowest BCUT2D eigenvalue weighted by atomic mass is 10.1. The zero-order valence-electron chi connectivity index (χ0n) is 12.5. The van der Waals surface area contributed by atoms with Crippen LogP contribution in [0.15, 0.2) is 24.4 Å². The second kappa shape index (κ2) is 5.20. The number of rotatable bonds is 3. The van der Waals surface area contributed by atoms with Gasteiger partial charge in [-0.05, 0) is 32.0 Å². The SMILES string of the molecule is CNC(=O)c1cc(N2CC(n3nc(C)cc3C)C2)ccn1. The smallest absolute Gasteiger partial charge is 0.269 e. The van der Waals surface area contributed by atoms with Crippen molar-refractivity contribution in [3.8, 4) is 0 Å². The van der Waals surface area contributed by atoms with Gasteiger partial charge < -0.3 is 10.2 Å². The lowest BCUT2D eigenvalue weighted by molar-refractivity contribution is 0.0958. The van der Waals surface area contributed by atoms with Gasteiger partial charge in [0.1, 0.15) is 5.69 Å². The van der Waals surface area contributed by atoms with Crippen LogP contribution in [0.25, 0.3) is 0 Å². The molecule has 0 aromatic carbocycles. The van der Waals surface area contributed by atoms with Gasteiger partial charge in [0.2, 0.25) is 0 Å². The Hall–Kier alpha value is -2.37. The molecule has 1 aliphatic heterocycles. The van der Waals surface area contributed by atoms with E-state index in [0.29, 0.717) is 11.7 Å². The van der Waals surface area contributed by atoms with E-state index in [1.165, 1.54) is 5.69 Å². The predicted octanol–water partition coefficient (Wildman–Crippen LogP) is 1.32. The molecule has 0 aliphatic carbocycles. The third-order valence-electron chi connectivity index (χ3n) is 3.82. The highest BCUT2D eigenvalue weighted by Gasteiger charge is 2.30. The molecule has 0 unspecified atom stereocenters. The van der Waals surface area contributed by atoms with Crippen molar-refractivity contribution < 1.29 is 4.79 Å². The number of amides is 1. The molecular weight excluding hydrogens is 266 g/mol. The first-order chi connectivity index (χ1) is 10.1. The number of aryl methyl sites for hydroxylation is 2. The molecule has 1 amide bonds. The zero-order valence-corrected chi connectivity index (χ0v) is 12.5. The van der Waals surface area contributed by atoms with Gasteiger partial charge >= 0.3 is 0 Å². The Morgan fingerprint density at radius 3 is 2.71 bits per heavy atom. The monoisotopic (exact) mass is 285 g/mol. The zero-order chi connectivity index (χ0) is 15.0. The fraction of sp³-hybridized carbons (Fsp3) is 0.400. The van der Waals surface area contributed by atoms with E-state index in [1.807, 2.05) is 19.1 Å². The quantitative estimate of drug-likeness (QED) is 0.923. The highest BCUT2D eigenvalue weighted by Crippen LogP contribution is 2.28. The number of carbonyl (C=O) groups is 1. The van der Waals surface area contributed by atoms with Gasteiger partial charge in [-0.2, -0.15) is 5.10 Å². The number of carbonyl (C=O) groups excluding carboxylic acids is 1. The molecule has 6 heteroatoms. The lowest BCUT2D eigenvalue weighted by Crippen LogP contribution is -2.48. The first-order valence-electron chi connectivity index (χ1n) is 7.04. The molecule has 1 fully saturated rings. The van der Waals surface area contributed by atoms with Gasteiger partial charge in [0.05, 0.1) is 11.7 Å². The van der Waals surface area contributed by atoms with Gasteiger partial charge in [-0.25, -0.2) is 0 Å². The van der Waals surface area contributed by atoms with Gasteiger partial charge in [-0.15, -0.1) is 0 Å². The molecule has 0 spiro atoms. The summed E-state index contributed by atoms with van der Waals surface area (Å²) in [6.07, 6.45) is 1.68. The van der Waals surface area contributed by atoms with E-state index in [0.717, 1.165) is 24.5 Å². The van der Waals surface area contributed by atoms with E-state index < -0.39 is 0 Å². The minimum Gasteiger partial charge on any atom is -0.367 e. The van der Waals surface area contributed by atoms with Crippen LogP contribution in [-0.4, -0.2) is 40.8 Å². The summed E-state index contributed by atoms with van der Waals surface area (Å²) in [4.78, 5) is 17.9. The van der Waals surface area contributed by atoms with E-state index in [4.69, 9.17) is 0 Å². The van der Waals surface area contributed by atoms with E-state index in [9.17, 15) is 4.79 Å². The number of nitrogens with zero attached hydrogens (tertiary/aromatic N) is 4. The maximum atomic E-state index is 11.6. The first kappa shape index (κ1) is 13.6. The second-order valence-electron chi connectivity index (χ2n) is 5.41. The molecule has 2 aromatic rings. The van der Waals surface area contributed by atoms with Crippen LogP contribution in [0, 0.1) is 13.8 Å². The molecule has 6 nitrogen and oxygen atoms in total. The standard InChI is InChI=1S/C15H19N5O/c1-10-6-11(2)20(18-10)13-8-19(9-13)12-4-5-17-14(7-12)15(21)16-3/h4-7,13H,8-9H2,1-3H3,(H,16,21). The van der Waals surface area contributed by atoms with Crippen molar-refractivity contribution in [2.24, 2.45) is 0 Å². The Labute approximate surface area is 123 Å². The molecule has 0 atom stereocenters. The third-order valence-corrected chi connectivity index (χ3v) is 3.82.